The zero-order chi connectivity index (χ0) is 16.7. The molecule has 126 valence electrons. The first-order chi connectivity index (χ1) is 11.5. The summed E-state index contributed by atoms with van der Waals surface area (Å²) in [6.45, 7) is 4.71. The van der Waals surface area contributed by atoms with Crippen molar-refractivity contribution in [2.45, 2.75) is 26.2 Å². The first-order valence-corrected chi connectivity index (χ1v) is 9.47. The number of halogens is 1. The first-order valence-electron chi connectivity index (χ1n) is 9.09. The van der Waals surface area contributed by atoms with Crippen LogP contribution in [0.4, 0.5) is 0 Å². The largest absolute Gasteiger partial charge is 0.282 e. The van der Waals surface area contributed by atoms with Gasteiger partial charge in [0.25, 0.3) is 0 Å². The third kappa shape index (κ3) is 1.79. The highest BCUT2D eigenvalue weighted by atomic mass is 35.5. The average molecular weight is 344 g/mol. The number of fused-ring (bicyclic) bond motifs is 8. The van der Waals surface area contributed by atoms with Gasteiger partial charge in [-0.25, -0.2) is 0 Å². The van der Waals surface area contributed by atoms with Crippen LogP contribution in [0.1, 0.15) is 31.7 Å². The number of carbonyl (C=O) groups is 2. The van der Waals surface area contributed by atoms with Gasteiger partial charge in [0.1, 0.15) is 0 Å². The van der Waals surface area contributed by atoms with E-state index in [1.165, 1.54) is 5.56 Å². The predicted octanol–water partition coefficient (Wildman–Crippen LogP) is 3.58. The third-order valence-electron chi connectivity index (χ3n) is 6.86. The van der Waals surface area contributed by atoms with Gasteiger partial charge in [-0.2, -0.15) is 0 Å². The maximum atomic E-state index is 12.9. The zero-order valence-corrected chi connectivity index (χ0v) is 14.7. The normalized spacial score (nSPS) is 42.0. The monoisotopic (exact) mass is 343 g/mol. The second-order valence-corrected chi connectivity index (χ2v) is 8.97. The topological polar surface area (TPSA) is 37.4 Å². The minimum Gasteiger partial charge on any atom is -0.282 e. The Kier molecular flexibility index (Phi) is 3.02. The Morgan fingerprint density at radius 1 is 1.08 bits per heavy atom. The summed E-state index contributed by atoms with van der Waals surface area (Å²) in [5.74, 6) is 2.99. The van der Waals surface area contributed by atoms with E-state index in [1.807, 2.05) is 12.1 Å². The Morgan fingerprint density at radius 3 is 2.25 bits per heavy atom. The average Bonchev–Trinajstić information content (AvgIpc) is 2.91. The second-order valence-electron chi connectivity index (χ2n) is 8.53. The highest BCUT2D eigenvalue weighted by molar-refractivity contribution is 6.30. The van der Waals surface area contributed by atoms with Crippen molar-refractivity contribution in [2.24, 2.45) is 41.4 Å². The lowest BCUT2D eigenvalue weighted by Gasteiger charge is -2.20. The van der Waals surface area contributed by atoms with Gasteiger partial charge in [0, 0.05) is 11.6 Å². The van der Waals surface area contributed by atoms with Gasteiger partial charge in [0.15, 0.2) is 0 Å². The Bertz CT molecular complexity index is 711. The van der Waals surface area contributed by atoms with E-state index in [4.69, 9.17) is 11.6 Å². The van der Waals surface area contributed by atoms with E-state index >= 15 is 0 Å². The second kappa shape index (κ2) is 4.85. The zero-order valence-electron chi connectivity index (χ0n) is 14.0. The molecular weight excluding hydrogens is 322 g/mol. The Balaban J connectivity index is 1.43. The van der Waals surface area contributed by atoms with E-state index in [2.05, 4.69) is 26.0 Å². The molecule has 7 atom stereocenters. The predicted molar refractivity (Wildman–Crippen MR) is 91.3 cm³/mol. The molecule has 0 radical (unpaired) electrons. The molecule has 1 aromatic carbocycles. The number of rotatable bonds is 3. The molecule has 1 heterocycles. The Labute approximate surface area is 147 Å². The molecule has 1 saturated heterocycles. The molecular formula is C20H22ClNO2. The standard InChI is InChI=1S/C20H22ClNO2/c1-9(2)8-22-19(23)17-12-7-13(18(17)20(22)24)16-14(15(12)16)10-4-3-5-11(21)6-10/h3-6,9,12-18H,7-8H2,1-2H3/t12-,13+,14?,15-,16+,17+,18-. The SMILES string of the molecule is CC(C)CN1C(=O)[C@@H]2[C@H]3C[C@@H]([C@@H]2C1=O)[C@@H]1C(c2cccc(Cl)c2)[C@H]31. The van der Waals surface area contributed by atoms with E-state index in [1.54, 1.807) is 4.90 Å². The number of benzene rings is 1. The molecule has 3 saturated carbocycles. The number of amides is 2. The van der Waals surface area contributed by atoms with Gasteiger partial charge in [-0.1, -0.05) is 37.6 Å². The van der Waals surface area contributed by atoms with Gasteiger partial charge in [-0.3, -0.25) is 14.5 Å². The summed E-state index contributed by atoms with van der Waals surface area (Å²) in [6, 6.07) is 8.13. The molecule has 0 aromatic heterocycles. The van der Waals surface area contributed by atoms with Crippen LogP contribution in [0, 0.1) is 41.4 Å². The summed E-state index contributed by atoms with van der Waals surface area (Å²) in [7, 11) is 0. The molecule has 4 heteroatoms. The van der Waals surface area contributed by atoms with Crippen LogP contribution in [0.5, 0.6) is 0 Å². The summed E-state index contributed by atoms with van der Waals surface area (Å²) < 4.78 is 0. The van der Waals surface area contributed by atoms with Crippen LogP contribution in [0.25, 0.3) is 0 Å². The van der Waals surface area contributed by atoms with Crippen molar-refractivity contribution in [2.75, 3.05) is 6.54 Å². The van der Waals surface area contributed by atoms with Crippen LogP contribution in [-0.4, -0.2) is 23.3 Å². The number of carbonyl (C=O) groups excluding carboxylic acids is 2. The van der Waals surface area contributed by atoms with Crippen molar-refractivity contribution in [3.05, 3.63) is 34.9 Å². The molecule has 4 aliphatic rings. The molecule has 1 unspecified atom stereocenters. The number of hydrogen-bond acceptors (Lipinski definition) is 2. The number of hydrogen-bond donors (Lipinski definition) is 0. The smallest absolute Gasteiger partial charge is 0.233 e. The van der Waals surface area contributed by atoms with Gasteiger partial charge in [-0.05, 0) is 59.6 Å². The van der Waals surface area contributed by atoms with Crippen molar-refractivity contribution in [1.82, 2.24) is 4.90 Å². The van der Waals surface area contributed by atoms with E-state index in [0.29, 0.717) is 42.1 Å². The highest BCUT2D eigenvalue weighted by Crippen LogP contribution is 2.77. The van der Waals surface area contributed by atoms with Crippen molar-refractivity contribution in [3.8, 4) is 0 Å². The lowest BCUT2D eigenvalue weighted by molar-refractivity contribution is -0.141. The molecule has 4 fully saturated rings. The first kappa shape index (κ1) is 14.9. The molecule has 0 N–H and O–H groups in total. The molecule has 2 amide bonds. The summed E-state index contributed by atoms with van der Waals surface area (Å²) in [5, 5.41) is 0.778. The fourth-order valence-corrected chi connectivity index (χ4v) is 6.44. The third-order valence-corrected chi connectivity index (χ3v) is 7.09. The number of nitrogens with zero attached hydrogens (tertiary/aromatic N) is 1. The minimum absolute atomic E-state index is 0.0355. The molecule has 1 aliphatic heterocycles. The van der Waals surface area contributed by atoms with Crippen LogP contribution < -0.4 is 0 Å². The van der Waals surface area contributed by atoms with Crippen molar-refractivity contribution in [3.63, 3.8) is 0 Å². The van der Waals surface area contributed by atoms with E-state index < -0.39 is 0 Å². The van der Waals surface area contributed by atoms with Gasteiger partial charge >= 0.3 is 0 Å². The molecule has 1 aromatic rings. The maximum Gasteiger partial charge on any atom is 0.233 e. The number of likely N-dealkylation sites (tertiary alicyclic amines) is 1. The summed E-state index contributed by atoms with van der Waals surface area (Å²) in [6.07, 6.45) is 1.08. The van der Waals surface area contributed by atoms with Crippen LogP contribution in [0.15, 0.2) is 24.3 Å². The van der Waals surface area contributed by atoms with Gasteiger partial charge in [0.05, 0.1) is 11.8 Å². The lowest BCUT2D eigenvalue weighted by atomic mass is 9.81. The fraction of sp³-hybridized carbons (Fsp3) is 0.600. The van der Waals surface area contributed by atoms with Gasteiger partial charge in [0.2, 0.25) is 11.8 Å². The number of imide groups is 1. The van der Waals surface area contributed by atoms with Crippen molar-refractivity contribution in [1.29, 1.82) is 0 Å². The van der Waals surface area contributed by atoms with Crippen molar-refractivity contribution < 1.29 is 9.59 Å². The van der Waals surface area contributed by atoms with Crippen LogP contribution in [0.2, 0.25) is 5.02 Å². The summed E-state index contributed by atoms with van der Waals surface area (Å²) in [4.78, 5) is 27.3. The van der Waals surface area contributed by atoms with E-state index in [-0.39, 0.29) is 23.7 Å². The van der Waals surface area contributed by atoms with E-state index in [0.717, 1.165) is 11.4 Å². The molecule has 3 nitrogen and oxygen atoms in total. The Morgan fingerprint density at radius 2 is 1.71 bits per heavy atom. The summed E-state index contributed by atoms with van der Waals surface area (Å²) in [5.41, 5.74) is 1.30. The minimum atomic E-state index is -0.0355. The molecule has 5 rings (SSSR count). The quantitative estimate of drug-likeness (QED) is 0.787. The maximum absolute atomic E-state index is 12.9. The Hall–Kier alpha value is -1.35. The molecule has 24 heavy (non-hydrogen) atoms. The van der Waals surface area contributed by atoms with Crippen molar-refractivity contribution >= 4 is 23.4 Å². The molecule has 3 aliphatic carbocycles. The molecule has 0 spiro atoms. The summed E-state index contributed by atoms with van der Waals surface area (Å²) >= 11 is 6.16. The fourth-order valence-electron chi connectivity index (χ4n) is 6.24. The molecule has 2 bridgehead atoms. The highest BCUT2D eigenvalue weighted by Gasteiger charge is 2.75. The van der Waals surface area contributed by atoms with E-state index in [9.17, 15) is 9.59 Å². The van der Waals surface area contributed by atoms with Gasteiger partial charge in [-0.15, -0.1) is 0 Å². The van der Waals surface area contributed by atoms with Crippen LogP contribution >= 0.6 is 11.6 Å². The van der Waals surface area contributed by atoms with Crippen LogP contribution in [0.3, 0.4) is 0 Å². The van der Waals surface area contributed by atoms with Crippen LogP contribution in [-0.2, 0) is 9.59 Å². The lowest BCUT2D eigenvalue weighted by Crippen LogP contribution is -2.36. The van der Waals surface area contributed by atoms with Gasteiger partial charge < -0.3 is 0 Å².